The molecule has 96 valence electrons. The van der Waals surface area contributed by atoms with Gasteiger partial charge in [0.05, 0.1) is 6.61 Å². The number of rotatable bonds is 3. The van der Waals surface area contributed by atoms with Crippen LogP contribution in [0.2, 0.25) is 0 Å². The number of benzene rings is 1. The van der Waals surface area contributed by atoms with Crippen molar-refractivity contribution < 1.29 is 23.0 Å². The van der Waals surface area contributed by atoms with E-state index in [2.05, 4.69) is 4.99 Å². The molecule has 0 saturated carbocycles. The van der Waals surface area contributed by atoms with Crippen LogP contribution in [0.3, 0.4) is 0 Å². The lowest BCUT2D eigenvalue weighted by Gasteiger charge is -2.16. The van der Waals surface area contributed by atoms with Crippen LogP contribution in [0.25, 0.3) is 0 Å². The number of halogens is 2. The van der Waals surface area contributed by atoms with Crippen LogP contribution in [0.15, 0.2) is 23.2 Å². The van der Waals surface area contributed by atoms with Gasteiger partial charge in [0.1, 0.15) is 11.6 Å². The summed E-state index contributed by atoms with van der Waals surface area (Å²) in [5.41, 5.74) is 0.0759. The molecule has 1 aliphatic heterocycles. The van der Waals surface area contributed by atoms with E-state index in [0.29, 0.717) is 0 Å². The molecule has 1 aromatic carbocycles. The zero-order valence-corrected chi connectivity index (χ0v) is 9.60. The molecule has 0 N–H and O–H groups in total. The van der Waals surface area contributed by atoms with Gasteiger partial charge in [0, 0.05) is 11.6 Å². The van der Waals surface area contributed by atoms with E-state index in [4.69, 9.17) is 9.47 Å². The topological polar surface area (TPSA) is 47.9 Å². The summed E-state index contributed by atoms with van der Waals surface area (Å²) in [4.78, 5) is 15.4. The number of ether oxygens (including phenoxy) is 2. The zero-order chi connectivity index (χ0) is 13.1. The second kappa shape index (κ2) is 5.12. The van der Waals surface area contributed by atoms with Crippen molar-refractivity contribution in [2.24, 2.45) is 4.99 Å². The third-order valence-electron chi connectivity index (χ3n) is 2.51. The van der Waals surface area contributed by atoms with Crippen LogP contribution in [0.4, 0.5) is 8.78 Å². The third-order valence-corrected chi connectivity index (χ3v) is 2.51. The molecule has 2 rings (SSSR count). The molecule has 0 amide bonds. The second-order valence-electron chi connectivity index (χ2n) is 3.67. The summed E-state index contributed by atoms with van der Waals surface area (Å²) < 4.78 is 36.3. The van der Waals surface area contributed by atoms with E-state index < -0.39 is 29.7 Å². The first kappa shape index (κ1) is 12.5. The number of nitrogens with zero attached hydrogens (tertiary/aromatic N) is 1. The quantitative estimate of drug-likeness (QED) is 0.776. The molecule has 0 saturated heterocycles. The van der Waals surface area contributed by atoms with Crippen LogP contribution in [-0.2, 0) is 14.3 Å². The first-order valence-corrected chi connectivity index (χ1v) is 5.42. The van der Waals surface area contributed by atoms with Gasteiger partial charge in [-0.15, -0.1) is 0 Å². The van der Waals surface area contributed by atoms with Crippen LogP contribution < -0.4 is 0 Å². The van der Waals surface area contributed by atoms with E-state index in [1.807, 2.05) is 0 Å². The Morgan fingerprint density at radius 3 is 2.94 bits per heavy atom. The lowest BCUT2D eigenvalue weighted by Crippen LogP contribution is -2.26. The molecular weight excluding hydrogens is 244 g/mol. The monoisotopic (exact) mass is 255 g/mol. The van der Waals surface area contributed by atoms with Crippen molar-refractivity contribution in [2.45, 2.75) is 19.1 Å². The summed E-state index contributed by atoms with van der Waals surface area (Å²) in [5, 5.41) is 0. The van der Waals surface area contributed by atoms with Crippen LogP contribution in [0, 0.1) is 11.6 Å². The average Bonchev–Trinajstić information content (AvgIpc) is 2.78. The lowest BCUT2D eigenvalue weighted by atomic mass is 10.0. The molecule has 0 aliphatic carbocycles. The maximum Gasteiger partial charge on any atom is 0.335 e. The molecule has 0 aromatic heterocycles. The fourth-order valence-corrected chi connectivity index (χ4v) is 1.71. The minimum atomic E-state index is -0.954. The molecule has 4 nitrogen and oxygen atoms in total. The predicted octanol–water partition coefficient (Wildman–Crippen LogP) is 2.00. The molecule has 0 fully saturated rings. The summed E-state index contributed by atoms with van der Waals surface area (Å²) >= 11 is 0. The lowest BCUT2D eigenvalue weighted by molar-refractivity contribution is -0.146. The first-order valence-electron chi connectivity index (χ1n) is 5.42. The molecule has 0 bridgehead atoms. The Hall–Kier alpha value is -1.98. The summed E-state index contributed by atoms with van der Waals surface area (Å²) in [6.07, 6.45) is 0.166. The van der Waals surface area contributed by atoms with Crippen molar-refractivity contribution in [3.05, 3.63) is 35.4 Å². The van der Waals surface area contributed by atoms with E-state index in [1.165, 1.54) is 6.07 Å². The molecule has 1 aromatic rings. The molecule has 2 atom stereocenters. The van der Waals surface area contributed by atoms with Gasteiger partial charge in [0.15, 0.2) is 18.5 Å². The van der Waals surface area contributed by atoms with Crippen molar-refractivity contribution in [1.29, 1.82) is 0 Å². The van der Waals surface area contributed by atoms with Gasteiger partial charge in [-0.1, -0.05) is 0 Å². The van der Waals surface area contributed by atoms with E-state index in [0.717, 1.165) is 18.5 Å². The van der Waals surface area contributed by atoms with Gasteiger partial charge in [0.25, 0.3) is 0 Å². The van der Waals surface area contributed by atoms with Gasteiger partial charge < -0.3 is 9.47 Å². The molecule has 18 heavy (non-hydrogen) atoms. The van der Waals surface area contributed by atoms with Crippen molar-refractivity contribution in [3.8, 4) is 0 Å². The van der Waals surface area contributed by atoms with E-state index in [9.17, 15) is 13.6 Å². The standard InChI is InChI=1S/C12H11F2NO3/c1-2-17-12(16)10-11(18-6-15-10)8-4-3-7(13)5-9(8)14/h3-6,10-11H,2H2,1H3. The Bertz CT molecular complexity index is 490. The number of carbonyl (C=O) groups is 1. The molecular formula is C12H11F2NO3. The molecule has 1 aliphatic rings. The average molecular weight is 255 g/mol. The largest absolute Gasteiger partial charge is 0.473 e. The molecule has 0 radical (unpaired) electrons. The Morgan fingerprint density at radius 2 is 2.28 bits per heavy atom. The molecule has 1 heterocycles. The van der Waals surface area contributed by atoms with Gasteiger partial charge in [-0.3, -0.25) is 0 Å². The minimum absolute atomic E-state index is 0.0759. The van der Waals surface area contributed by atoms with Gasteiger partial charge in [0.2, 0.25) is 0 Å². The maximum absolute atomic E-state index is 13.6. The van der Waals surface area contributed by atoms with Crippen LogP contribution in [-0.4, -0.2) is 25.0 Å². The van der Waals surface area contributed by atoms with E-state index >= 15 is 0 Å². The highest BCUT2D eigenvalue weighted by Gasteiger charge is 2.36. The second-order valence-corrected chi connectivity index (χ2v) is 3.67. The van der Waals surface area contributed by atoms with Crippen molar-refractivity contribution in [3.63, 3.8) is 0 Å². The minimum Gasteiger partial charge on any atom is -0.473 e. The fraction of sp³-hybridized carbons (Fsp3) is 0.333. The van der Waals surface area contributed by atoms with Crippen molar-refractivity contribution in [1.82, 2.24) is 0 Å². The van der Waals surface area contributed by atoms with Crippen molar-refractivity contribution >= 4 is 12.4 Å². The van der Waals surface area contributed by atoms with Gasteiger partial charge in [-0.25, -0.2) is 18.6 Å². The Balaban J connectivity index is 2.24. The number of carbonyl (C=O) groups excluding carboxylic acids is 1. The Labute approximate surface area is 102 Å². The van der Waals surface area contributed by atoms with E-state index in [-0.39, 0.29) is 12.2 Å². The van der Waals surface area contributed by atoms with Crippen molar-refractivity contribution in [2.75, 3.05) is 6.61 Å². The van der Waals surface area contributed by atoms with Crippen LogP contribution in [0.1, 0.15) is 18.6 Å². The molecule has 0 spiro atoms. The van der Waals surface area contributed by atoms with Crippen LogP contribution >= 0.6 is 0 Å². The summed E-state index contributed by atoms with van der Waals surface area (Å²) in [6.45, 7) is 1.86. The van der Waals surface area contributed by atoms with E-state index in [1.54, 1.807) is 6.92 Å². The SMILES string of the molecule is CCOC(=O)C1N=COC1c1ccc(F)cc1F. The number of esters is 1. The number of aliphatic imine (C=N–C) groups is 1. The van der Waals surface area contributed by atoms with Crippen LogP contribution in [0.5, 0.6) is 0 Å². The summed E-state index contributed by atoms with van der Waals surface area (Å²) in [7, 11) is 0. The third kappa shape index (κ3) is 2.32. The Kier molecular flexibility index (Phi) is 3.55. The smallest absolute Gasteiger partial charge is 0.335 e. The summed E-state index contributed by atoms with van der Waals surface area (Å²) in [5.74, 6) is -2.07. The zero-order valence-electron chi connectivity index (χ0n) is 9.60. The fourth-order valence-electron chi connectivity index (χ4n) is 1.71. The number of hydrogen-bond acceptors (Lipinski definition) is 4. The highest BCUT2D eigenvalue weighted by atomic mass is 19.1. The first-order chi connectivity index (χ1) is 8.63. The molecule has 2 unspecified atom stereocenters. The molecule has 6 heteroatoms. The van der Waals surface area contributed by atoms with Gasteiger partial charge in [-0.2, -0.15) is 0 Å². The highest BCUT2D eigenvalue weighted by Crippen LogP contribution is 2.29. The predicted molar refractivity (Wildman–Crippen MR) is 59.1 cm³/mol. The summed E-state index contributed by atoms with van der Waals surface area (Å²) in [6, 6.07) is 2.11. The maximum atomic E-state index is 13.6. The van der Waals surface area contributed by atoms with Gasteiger partial charge >= 0.3 is 5.97 Å². The number of hydrogen-bond donors (Lipinski definition) is 0. The highest BCUT2D eigenvalue weighted by molar-refractivity contribution is 5.80. The Morgan fingerprint density at radius 1 is 1.50 bits per heavy atom. The normalized spacial score (nSPS) is 21.7. The van der Waals surface area contributed by atoms with Gasteiger partial charge in [-0.05, 0) is 19.1 Å².